The van der Waals surface area contributed by atoms with E-state index in [0.29, 0.717) is 44.3 Å². The van der Waals surface area contributed by atoms with Gasteiger partial charge in [-0.1, -0.05) is 36.4 Å². The number of aliphatic carboxylic acids is 1. The minimum Gasteiger partial charge on any atom is -0.481 e. The Kier molecular flexibility index (Phi) is 6.57. The summed E-state index contributed by atoms with van der Waals surface area (Å²) in [5.74, 6) is -3.47. The third-order valence-corrected chi connectivity index (χ3v) is 8.00. The molecular formula is C28H32N2O6. The van der Waals surface area contributed by atoms with E-state index in [9.17, 15) is 19.5 Å². The van der Waals surface area contributed by atoms with E-state index in [1.165, 1.54) is 0 Å². The molecule has 2 amide bonds. The van der Waals surface area contributed by atoms with E-state index >= 15 is 0 Å². The Labute approximate surface area is 210 Å². The van der Waals surface area contributed by atoms with Gasteiger partial charge in [-0.15, -0.1) is 6.58 Å². The number of aliphatic hydroxyl groups excluding tert-OH is 1. The lowest BCUT2D eigenvalue weighted by Gasteiger charge is -2.36. The van der Waals surface area contributed by atoms with Crippen LogP contribution in [0.3, 0.4) is 0 Å². The molecule has 0 saturated carbocycles. The maximum Gasteiger partial charge on any atom is 0.310 e. The minimum atomic E-state index is -1.14. The van der Waals surface area contributed by atoms with Gasteiger partial charge in [-0.25, -0.2) is 0 Å². The van der Waals surface area contributed by atoms with Crippen LogP contribution in [0, 0.1) is 11.8 Å². The van der Waals surface area contributed by atoms with Crippen LogP contribution in [0.25, 0.3) is 10.8 Å². The maximum atomic E-state index is 14.3. The first-order valence-corrected chi connectivity index (χ1v) is 12.7. The molecule has 8 nitrogen and oxygen atoms in total. The van der Waals surface area contributed by atoms with Crippen LogP contribution in [0.5, 0.6) is 0 Å². The number of ether oxygens (including phenoxy) is 1. The van der Waals surface area contributed by atoms with E-state index < -0.39 is 35.6 Å². The number of unbranched alkanes of at least 4 members (excludes halogenated alkanes) is 2. The lowest BCUT2D eigenvalue weighted by molar-refractivity contribution is -0.149. The number of benzene rings is 2. The zero-order valence-corrected chi connectivity index (χ0v) is 20.2. The van der Waals surface area contributed by atoms with Crippen molar-refractivity contribution >= 4 is 34.2 Å². The molecule has 2 N–H and O–H groups in total. The maximum absolute atomic E-state index is 14.3. The molecule has 0 aliphatic carbocycles. The predicted molar refractivity (Wildman–Crippen MR) is 134 cm³/mol. The highest BCUT2D eigenvalue weighted by Crippen LogP contribution is 2.58. The molecule has 3 heterocycles. The molecule has 8 heteroatoms. The highest BCUT2D eigenvalue weighted by Gasteiger charge is 2.74. The van der Waals surface area contributed by atoms with Gasteiger partial charge in [0.2, 0.25) is 5.91 Å². The zero-order chi connectivity index (χ0) is 25.4. The van der Waals surface area contributed by atoms with E-state index in [1.54, 1.807) is 15.9 Å². The Morgan fingerprint density at radius 1 is 1.17 bits per heavy atom. The van der Waals surface area contributed by atoms with Gasteiger partial charge in [0.15, 0.2) is 0 Å². The van der Waals surface area contributed by atoms with Crippen molar-refractivity contribution in [2.45, 2.75) is 49.9 Å². The monoisotopic (exact) mass is 492 g/mol. The molecule has 3 aliphatic heterocycles. The number of amides is 2. The number of carbonyl (C=O) groups is 3. The molecule has 36 heavy (non-hydrogen) atoms. The Morgan fingerprint density at radius 3 is 2.67 bits per heavy atom. The molecule has 3 aliphatic rings. The lowest BCUT2D eigenvalue weighted by Crippen LogP contribution is -2.56. The van der Waals surface area contributed by atoms with Crippen LogP contribution in [0.1, 0.15) is 32.1 Å². The summed E-state index contributed by atoms with van der Waals surface area (Å²) in [6.45, 7) is 4.46. The fourth-order valence-corrected chi connectivity index (χ4v) is 6.47. The number of carboxylic acids is 1. The molecule has 2 aromatic carbocycles. The summed E-state index contributed by atoms with van der Waals surface area (Å²) < 4.78 is 6.30. The first-order chi connectivity index (χ1) is 17.4. The number of aliphatic hydroxyl groups is 1. The van der Waals surface area contributed by atoms with Gasteiger partial charge in [-0.05, 0) is 55.0 Å². The third-order valence-electron chi connectivity index (χ3n) is 8.00. The summed E-state index contributed by atoms with van der Waals surface area (Å²) >= 11 is 0. The van der Waals surface area contributed by atoms with Crippen LogP contribution < -0.4 is 4.90 Å². The second-order valence-corrected chi connectivity index (χ2v) is 9.98. The van der Waals surface area contributed by atoms with Gasteiger partial charge in [-0.3, -0.25) is 14.4 Å². The van der Waals surface area contributed by atoms with Crippen molar-refractivity contribution in [3.63, 3.8) is 0 Å². The number of hydrogen-bond acceptors (Lipinski definition) is 5. The van der Waals surface area contributed by atoms with Crippen molar-refractivity contribution in [3.05, 3.63) is 55.1 Å². The van der Waals surface area contributed by atoms with Crippen molar-refractivity contribution in [2.24, 2.45) is 11.8 Å². The second-order valence-electron chi connectivity index (χ2n) is 9.98. The van der Waals surface area contributed by atoms with Crippen LogP contribution >= 0.6 is 0 Å². The van der Waals surface area contributed by atoms with Crippen molar-refractivity contribution < 1.29 is 29.3 Å². The van der Waals surface area contributed by atoms with Gasteiger partial charge in [0.1, 0.15) is 11.6 Å². The minimum absolute atomic E-state index is 0.0593. The predicted octanol–water partition coefficient (Wildman–Crippen LogP) is 2.98. The Bertz CT molecular complexity index is 1200. The molecule has 0 unspecified atom stereocenters. The topological polar surface area (TPSA) is 107 Å². The molecule has 0 aromatic heterocycles. The molecule has 5 rings (SSSR count). The number of anilines is 1. The SMILES string of the molecule is C=CCN(C(=O)[C@H]1N(CCCCCO)C(=O)[C@@H]2[C@@H](C(=O)O)[C@H]3CC[C@]21O3)c1ccc2ccccc2c1. The van der Waals surface area contributed by atoms with Crippen LogP contribution in [0.4, 0.5) is 5.69 Å². The average Bonchev–Trinajstić information content (AvgIpc) is 3.52. The van der Waals surface area contributed by atoms with Gasteiger partial charge < -0.3 is 24.7 Å². The van der Waals surface area contributed by atoms with Gasteiger partial charge in [0, 0.05) is 25.4 Å². The van der Waals surface area contributed by atoms with E-state index in [4.69, 9.17) is 9.84 Å². The normalized spacial score (nSPS) is 28.5. The van der Waals surface area contributed by atoms with Crippen molar-refractivity contribution in [1.82, 2.24) is 4.90 Å². The summed E-state index contributed by atoms with van der Waals surface area (Å²) in [5, 5.41) is 21.1. The number of hydrogen-bond donors (Lipinski definition) is 2. The first kappa shape index (κ1) is 24.5. The summed E-state index contributed by atoms with van der Waals surface area (Å²) in [6, 6.07) is 12.8. The average molecular weight is 493 g/mol. The van der Waals surface area contributed by atoms with Gasteiger partial charge in [0.25, 0.3) is 5.91 Å². The number of likely N-dealkylation sites (tertiary alicyclic amines) is 1. The van der Waals surface area contributed by atoms with Crippen molar-refractivity contribution in [1.29, 1.82) is 0 Å². The van der Waals surface area contributed by atoms with Gasteiger partial charge >= 0.3 is 5.97 Å². The third kappa shape index (κ3) is 3.79. The molecule has 0 radical (unpaired) electrons. The summed E-state index contributed by atoms with van der Waals surface area (Å²) in [7, 11) is 0. The lowest BCUT2D eigenvalue weighted by atomic mass is 9.70. The summed E-state index contributed by atoms with van der Waals surface area (Å²) in [6.07, 6.45) is 3.99. The van der Waals surface area contributed by atoms with Crippen molar-refractivity contribution in [3.8, 4) is 0 Å². The van der Waals surface area contributed by atoms with E-state index in [0.717, 1.165) is 10.8 Å². The van der Waals surface area contributed by atoms with Gasteiger partial charge in [-0.2, -0.15) is 0 Å². The number of rotatable bonds is 10. The highest BCUT2D eigenvalue weighted by atomic mass is 16.5. The summed E-state index contributed by atoms with van der Waals surface area (Å²) in [4.78, 5) is 43.4. The quantitative estimate of drug-likeness (QED) is 0.390. The molecule has 1 spiro atoms. The molecule has 2 bridgehead atoms. The smallest absolute Gasteiger partial charge is 0.310 e. The zero-order valence-electron chi connectivity index (χ0n) is 20.2. The first-order valence-electron chi connectivity index (χ1n) is 12.7. The van der Waals surface area contributed by atoms with Crippen molar-refractivity contribution in [2.75, 3.05) is 24.6 Å². The molecule has 3 fully saturated rings. The largest absolute Gasteiger partial charge is 0.481 e. The van der Waals surface area contributed by atoms with Crippen LogP contribution in [0.15, 0.2) is 55.1 Å². The molecule has 190 valence electrons. The number of nitrogens with zero attached hydrogens (tertiary/aromatic N) is 2. The molecule has 5 atom stereocenters. The Morgan fingerprint density at radius 2 is 1.94 bits per heavy atom. The second kappa shape index (κ2) is 9.67. The Hall–Kier alpha value is -3.23. The standard InChI is InChI=1S/C28H32N2O6/c1-2-14-29(20-11-10-18-8-4-5-9-19(18)17-20)26(33)24-28-13-12-21(36-28)22(27(34)35)23(28)25(32)30(24)15-6-3-7-16-31/h2,4-5,8-11,17,21-24,31H,1,3,6-7,12-16H2,(H,34,35)/t21-,22+,23+,24-,28+/m1/s1. The van der Waals surface area contributed by atoms with Crippen LogP contribution in [-0.4, -0.2) is 70.3 Å². The van der Waals surface area contributed by atoms with E-state index in [-0.39, 0.29) is 25.0 Å². The highest BCUT2D eigenvalue weighted by molar-refractivity contribution is 6.05. The van der Waals surface area contributed by atoms with Crippen LogP contribution in [-0.2, 0) is 19.1 Å². The Balaban J connectivity index is 1.54. The number of fused-ring (bicyclic) bond motifs is 2. The van der Waals surface area contributed by atoms with Gasteiger partial charge in [0.05, 0.1) is 17.9 Å². The molecular weight excluding hydrogens is 460 g/mol. The number of carboxylic acid groups (broad SMARTS) is 1. The molecule has 3 saturated heterocycles. The summed E-state index contributed by atoms with van der Waals surface area (Å²) in [5.41, 5.74) is -0.455. The fourth-order valence-electron chi connectivity index (χ4n) is 6.47. The van der Waals surface area contributed by atoms with E-state index in [2.05, 4.69) is 6.58 Å². The molecule has 2 aromatic rings. The fraction of sp³-hybridized carbons (Fsp3) is 0.464. The van der Waals surface area contributed by atoms with Crippen LogP contribution in [0.2, 0.25) is 0 Å². The number of carbonyl (C=O) groups excluding carboxylic acids is 2. The van der Waals surface area contributed by atoms with E-state index in [1.807, 2.05) is 42.5 Å².